The molecule has 1 amide bonds. The van der Waals surface area contributed by atoms with Crippen LogP contribution in [-0.4, -0.2) is 55.7 Å². The van der Waals surface area contributed by atoms with Crippen LogP contribution in [0.3, 0.4) is 0 Å². The minimum Gasteiger partial charge on any atom is -0.379 e. The van der Waals surface area contributed by atoms with Gasteiger partial charge in [0.25, 0.3) is 0 Å². The fourth-order valence-electron chi connectivity index (χ4n) is 2.32. The van der Waals surface area contributed by atoms with Gasteiger partial charge in [-0.1, -0.05) is 27.7 Å². The van der Waals surface area contributed by atoms with Gasteiger partial charge in [-0.3, -0.25) is 9.69 Å². The molecule has 1 heterocycles. The molecule has 1 aliphatic heterocycles. The molecule has 2 atom stereocenters. The van der Waals surface area contributed by atoms with Crippen LogP contribution >= 0.6 is 12.4 Å². The molecule has 1 aliphatic rings. The van der Waals surface area contributed by atoms with Crippen LogP contribution < -0.4 is 11.1 Å². The van der Waals surface area contributed by atoms with Gasteiger partial charge in [0.05, 0.1) is 19.3 Å². The molecule has 0 aromatic heterocycles. The predicted octanol–water partition coefficient (Wildman–Crippen LogP) is 0.865. The lowest BCUT2D eigenvalue weighted by Crippen LogP contribution is -2.53. The Morgan fingerprint density at radius 1 is 1.20 bits per heavy atom. The minimum atomic E-state index is -0.419. The second-order valence-electron chi connectivity index (χ2n) is 5.97. The van der Waals surface area contributed by atoms with Gasteiger partial charge in [-0.25, -0.2) is 0 Å². The number of hydrogen-bond donors (Lipinski definition) is 2. The molecule has 0 bridgehead atoms. The molecule has 6 heteroatoms. The van der Waals surface area contributed by atoms with Gasteiger partial charge in [-0.05, 0) is 11.8 Å². The van der Waals surface area contributed by atoms with Crippen LogP contribution in [0, 0.1) is 11.8 Å². The molecular weight excluding hydrogens is 278 g/mol. The monoisotopic (exact) mass is 307 g/mol. The molecule has 3 N–H and O–H groups in total. The third kappa shape index (κ3) is 5.95. The molecular formula is C14H30ClN3O2. The normalized spacial score (nSPS) is 19.6. The van der Waals surface area contributed by atoms with Gasteiger partial charge < -0.3 is 15.8 Å². The van der Waals surface area contributed by atoms with Crippen molar-refractivity contribution >= 4 is 18.3 Å². The second kappa shape index (κ2) is 9.55. The number of nitrogens with one attached hydrogen (secondary N) is 1. The fourth-order valence-corrected chi connectivity index (χ4v) is 2.32. The number of rotatable bonds is 6. The number of nitrogens with zero attached hydrogens (tertiary/aromatic N) is 1. The van der Waals surface area contributed by atoms with E-state index in [2.05, 4.69) is 24.1 Å². The van der Waals surface area contributed by atoms with Crippen molar-refractivity contribution in [3.8, 4) is 0 Å². The lowest BCUT2D eigenvalue weighted by molar-refractivity contribution is -0.123. The van der Waals surface area contributed by atoms with Crippen LogP contribution in [0.15, 0.2) is 0 Å². The van der Waals surface area contributed by atoms with E-state index >= 15 is 0 Å². The van der Waals surface area contributed by atoms with Crippen molar-refractivity contribution in [2.45, 2.75) is 39.8 Å². The van der Waals surface area contributed by atoms with Gasteiger partial charge in [-0.15, -0.1) is 12.4 Å². The number of carbonyl (C=O) groups excluding carboxylic acids is 1. The largest absolute Gasteiger partial charge is 0.379 e. The summed E-state index contributed by atoms with van der Waals surface area (Å²) < 4.78 is 5.38. The van der Waals surface area contributed by atoms with Crippen LogP contribution in [-0.2, 0) is 9.53 Å². The Bertz CT molecular complexity index is 282. The number of amides is 1. The van der Waals surface area contributed by atoms with Crippen LogP contribution in [0.1, 0.15) is 27.7 Å². The molecule has 0 aromatic carbocycles. The molecule has 1 rings (SSSR count). The molecule has 0 aliphatic carbocycles. The molecule has 0 radical (unpaired) electrons. The van der Waals surface area contributed by atoms with Gasteiger partial charge in [0.15, 0.2) is 0 Å². The van der Waals surface area contributed by atoms with Gasteiger partial charge >= 0.3 is 0 Å². The van der Waals surface area contributed by atoms with E-state index in [4.69, 9.17) is 10.5 Å². The SMILES string of the molecule is CC(C)C(CNC(=O)[C@@H](N)C(C)C)N1CCOCC1.Cl. The first kappa shape index (κ1) is 19.6. The summed E-state index contributed by atoms with van der Waals surface area (Å²) in [4.78, 5) is 14.3. The summed E-state index contributed by atoms with van der Waals surface area (Å²) in [5, 5.41) is 3.00. The van der Waals surface area contributed by atoms with Crippen LogP contribution in [0.4, 0.5) is 0 Å². The highest BCUT2D eigenvalue weighted by atomic mass is 35.5. The van der Waals surface area contributed by atoms with Crippen molar-refractivity contribution in [3.63, 3.8) is 0 Å². The Balaban J connectivity index is 0.00000361. The fraction of sp³-hybridized carbons (Fsp3) is 0.929. The first-order valence-corrected chi connectivity index (χ1v) is 7.28. The average molecular weight is 308 g/mol. The summed E-state index contributed by atoms with van der Waals surface area (Å²) >= 11 is 0. The van der Waals surface area contributed by atoms with Crippen molar-refractivity contribution in [2.75, 3.05) is 32.8 Å². The van der Waals surface area contributed by atoms with Crippen LogP contribution in [0.25, 0.3) is 0 Å². The second-order valence-corrected chi connectivity index (χ2v) is 5.97. The van der Waals surface area contributed by atoms with E-state index in [9.17, 15) is 4.79 Å². The van der Waals surface area contributed by atoms with E-state index in [1.165, 1.54) is 0 Å². The third-order valence-electron chi connectivity index (χ3n) is 3.79. The van der Waals surface area contributed by atoms with E-state index in [0.717, 1.165) is 26.3 Å². The van der Waals surface area contributed by atoms with Crippen molar-refractivity contribution in [1.29, 1.82) is 0 Å². The van der Waals surface area contributed by atoms with E-state index in [-0.39, 0.29) is 24.2 Å². The van der Waals surface area contributed by atoms with E-state index in [1.807, 2.05) is 13.8 Å². The molecule has 1 unspecified atom stereocenters. The quantitative estimate of drug-likeness (QED) is 0.764. The van der Waals surface area contributed by atoms with Crippen molar-refractivity contribution < 1.29 is 9.53 Å². The standard InChI is InChI=1S/C14H29N3O2.ClH/c1-10(2)12(17-5-7-19-8-6-17)9-16-14(18)13(15)11(3)4;/h10-13H,5-9,15H2,1-4H3,(H,16,18);1H/t12?,13-;/m0./s1. The average Bonchev–Trinajstić information content (AvgIpc) is 2.38. The number of ether oxygens (including phenoxy) is 1. The van der Waals surface area contributed by atoms with Crippen LogP contribution in [0.5, 0.6) is 0 Å². The van der Waals surface area contributed by atoms with Crippen molar-refractivity contribution in [2.24, 2.45) is 17.6 Å². The molecule has 20 heavy (non-hydrogen) atoms. The number of carbonyl (C=O) groups is 1. The summed E-state index contributed by atoms with van der Waals surface area (Å²) in [6.07, 6.45) is 0. The van der Waals surface area contributed by atoms with Gasteiger partial charge in [0.2, 0.25) is 5.91 Å². The molecule has 1 saturated heterocycles. The first-order valence-electron chi connectivity index (χ1n) is 7.28. The Morgan fingerprint density at radius 2 is 1.75 bits per heavy atom. The number of halogens is 1. The zero-order valence-corrected chi connectivity index (χ0v) is 13.9. The Labute approximate surface area is 129 Å². The van der Waals surface area contributed by atoms with E-state index in [0.29, 0.717) is 18.5 Å². The molecule has 5 nitrogen and oxygen atoms in total. The van der Waals surface area contributed by atoms with Crippen molar-refractivity contribution in [1.82, 2.24) is 10.2 Å². The molecule has 1 fully saturated rings. The Kier molecular flexibility index (Phi) is 9.38. The van der Waals surface area contributed by atoms with Gasteiger partial charge in [0.1, 0.15) is 0 Å². The number of hydrogen-bond acceptors (Lipinski definition) is 4. The number of morpholine rings is 1. The molecule has 0 spiro atoms. The lowest BCUT2D eigenvalue weighted by atomic mass is 10.0. The maximum Gasteiger partial charge on any atom is 0.237 e. The molecule has 0 aromatic rings. The third-order valence-corrected chi connectivity index (χ3v) is 3.79. The lowest BCUT2D eigenvalue weighted by Gasteiger charge is -2.37. The summed E-state index contributed by atoms with van der Waals surface area (Å²) in [5.74, 6) is 0.614. The maximum absolute atomic E-state index is 11.9. The zero-order valence-electron chi connectivity index (χ0n) is 13.1. The highest BCUT2D eigenvalue weighted by Gasteiger charge is 2.25. The van der Waals surface area contributed by atoms with E-state index in [1.54, 1.807) is 0 Å². The maximum atomic E-state index is 11.9. The Hall–Kier alpha value is -0.360. The van der Waals surface area contributed by atoms with Gasteiger partial charge in [-0.2, -0.15) is 0 Å². The zero-order chi connectivity index (χ0) is 14.4. The van der Waals surface area contributed by atoms with E-state index < -0.39 is 6.04 Å². The summed E-state index contributed by atoms with van der Waals surface area (Å²) in [7, 11) is 0. The first-order chi connectivity index (χ1) is 8.93. The number of nitrogens with two attached hydrogens (primary N) is 1. The summed E-state index contributed by atoms with van der Waals surface area (Å²) in [6, 6.07) is -0.0651. The smallest absolute Gasteiger partial charge is 0.237 e. The van der Waals surface area contributed by atoms with Crippen molar-refractivity contribution in [3.05, 3.63) is 0 Å². The van der Waals surface area contributed by atoms with Crippen LogP contribution in [0.2, 0.25) is 0 Å². The molecule has 120 valence electrons. The topological polar surface area (TPSA) is 67.6 Å². The predicted molar refractivity (Wildman–Crippen MR) is 84.1 cm³/mol. The highest BCUT2D eigenvalue weighted by molar-refractivity contribution is 5.85. The van der Waals surface area contributed by atoms with Gasteiger partial charge in [0, 0.05) is 25.7 Å². The minimum absolute atomic E-state index is 0. The highest BCUT2D eigenvalue weighted by Crippen LogP contribution is 2.12. The summed E-state index contributed by atoms with van der Waals surface area (Å²) in [6.45, 7) is 12.4. The molecule has 0 saturated carbocycles. The summed E-state index contributed by atoms with van der Waals surface area (Å²) in [5.41, 5.74) is 5.86. The Morgan fingerprint density at radius 3 is 2.20 bits per heavy atom.